The molecule has 1 unspecified atom stereocenters. The number of aliphatic hydroxyl groups is 1. The van der Waals surface area contributed by atoms with Crippen LogP contribution in [0.15, 0.2) is 53.4 Å². The number of nitrogens with zero attached hydrogens (tertiary/aromatic N) is 1. The highest BCUT2D eigenvalue weighted by Crippen LogP contribution is 2.23. The second kappa shape index (κ2) is 12.6. The fourth-order valence-corrected chi connectivity index (χ4v) is 6.66. The third-order valence-electron chi connectivity index (χ3n) is 6.99. The van der Waals surface area contributed by atoms with E-state index >= 15 is 0 Å². The lowest BCUT2D eigenvalue weighted by molar-refractivity contribution is 0.0644. The molecule has 0 bridgehead atoms. The fourth-order valence-electron chi connectivity index (χ4n) is 4.99. The zero-order valence-corrected chi connectivity index (χ0v) is 22.8. The number of sulfonamides is 1. The number of hydrogen-bond acceptors (Lipinski definition) is 7. The molecule has 0 radical (unpaired) electrons. The highest BCUT2D eigenvalue weighted by molar-refractivity contribution is 7.89. The van der Waals surface area contributed by atoms with Crippen LogP contribution in [0.4, 0.5) is 4.79 Å². The van der Waals surface area contributed by atoms with Gasteiger partial charge in [0.2, 0.25) is 10.0 Å². The van der Waals surface area contributed by atoms with Crippen LogP contribution in [0, 0.1) is 5.92 Å². The van der Waals surface area contributed by atoms with Crippen molar-refractivity contribution in [3.63, 3.8) is 0 Å². The Morgan fingerprint density at radius 2 is 1.97 bits per heavy atom. The number of ether oxygens (including phenoxy) is 2. The molecule has 2 aliphatic rings. The number of amides is 1. The van der Waals surface area contributed by atoms with Crippen molar-refractivity contribution in [1.82, 2.24) is 9.62 Å². The lowest BCUT2D eigenvalue weighted by Crippen LogP contribution is -2.51. The smallest absolute Gasteiger partial charge is 0.407 e. The first-order valence-corrected chi connectivity index (χ1v) is 14.7. The van der Waals surface area contributed by atoms with E-state index in [1.165, 1.54) is 10.4 Å². The Morgan fingerprint density at radius 1 is 1.21 bits per heavy atom. The molecule has 4 rings (SSSR count). The topological polar surface area (TPSA) is 125 Å². The van der Waals surface area contributed by atoms with Gasteiger partial charge in [0, 0.05) is 19.5 Å². The number of rotatable bonds is 11. The molecule has 0 aromatic heterocycles. The number of aryl methyl sites for hydroxylation is 1. The van der Waals surface area contributed by atoms with Gasteiger partial charge >= 0.3 is 13.0 Å². The first kappa shape index (κ1) is 28.6. The Hall–Kier alpha value is -2.44. The maximum atomic E-state index is 13.7. The van der Waals surface area contributed by atoms with Gasteiger partial charge in [-0.25, -0.2) is 13.2 Å². The van der Waals surface area contributed by atoms with Crippen LogP contribution in [0.1, 0.15) is 31.4 Å². The molecular formula is C27H37BN2O7S. The quantitative estimate of drug-likeness (QED) is 0.367. The fraction of sp³-hybridized carbons (Fsp3) is 0.519. The van der Waals surface area contributed by atoms with Crippen molar-refractivity contribution >= 4 is 28.5 Å². The molecule has 2 aromatic carbocycles. The van der Waals surface area contributed by atoms with Gasteiger partial charge in [-0.05, 0) is 48.2 Å². The number of aliphatic hydroxyl groups excluding tert-OH is 1. The summed E-state index contributed by atoms with van der Waals surface area (Å²) in [6, 6.07) is 13.4. The summed E-state index contributed by atoms with van der Waals surface area (Å²) in [5, 5.41) is 24.2. The van der Waals surface area contributed by atoms with Gasteiger partial charge in [-0.2, -0.15) is 4.31 Å². The average Bonchev–Trinajstić information content (AvgIpc) is 3.53. The molecular weight excluding hydrogens is 507 g/mol. The van der Waals surface area contributed by atoms with Gasteiger partial charge in [0.15, 0.2) is 0 Å². The molecule has 0 saturated carbocycles. The first-order chi connectivity index (χ1) is 18.1. The third kappa shape index (κ3) is 7.15. The zero-order chi connectivity index (χ0) is 27.3. The van der Waals surface area contributed by atoms with Gasteiger partial charge in [-0.3, -0.25) is 0 Å². The SMILES string of the molecule is CC(C)CN(C[C@@H](O)C(Cc1ccccc1)NC(=O)O[C@H]1CCOC1)S(=O)(=O)c1ccc2c(c1)CCB2O. The van der Waals surface area contributed by atoms with Crippen LogP contribution in [0.2, 0.25) is 6.32 Å². The number of fused-ring (bicyclic) bond motifs is 1. The Kier molecular flexibility index (Phi) is 9.48. The van der Waals surface area contributed by atoms with Gasteiger partial charge in [0.1, 0.15) is 6.10 Å². The molecule has 1 fully saturated rings. The molecule has 206 valence electrons. The zero-order valence-electron chi connectivity index (χ0n) is 22.0. The monoisotopic (exact) mass is 544 g/mol. The van der Waals surface area contributed by atoms with Crippen molar-refractivity contribution in [3.8, 4) is 0 Å². The maximum Gasteiger partial charge on any atom is 0.407 e. The summed E-state index contributed by atoms with van der Waals surface area (Å²) in [5.41, 5.74) is 2.47. The van der Waals surface area contributed by atoms with E-state index in [-0.39, 0.29) is 30.0 Å². The van der Waals surface area contributed by atoms with Gasteiger partial charge in [-0.1, -0.05) is 55.8 Å². The van der Waals surface area contributed by atoms with Crippen LogP contribution in [-0.4, -0.2) is 80.4 Å². The highest BCUT2D eigenvalue weighted by Gasteiger charge is 2.33. The van der Waals surface area contributed by atoms with Crippen LogP contribution in [0.3, 0.4) is 0 Å². The molecule has 1 amide bonds. The molecule has 2 aliphatic heterocycles. The van der Waals surface area contributed by atoms with Crippen molar-refractivity contribution in [2.75, 3.05) is 26.3 Å². The first-order valence-electron chi connectivity index (χ1n) is 13.2. The molecule has 38 heavy (non-hydrogen) atoms. The summed E-state index contributed by atoms with van der Waals surface area (Å²) in [7, 11) is -3.95. The highest BCUT2D eigenvalue weighted by atomic mass is 32.2. The molecule has 9 nitrogen and oxygen atoms in total. The molecule has 0 spiro atoms. The van der Waals surface area contributed by atoms with Crippen molar-refractivity contribution in [3.05, 3.63) is 59.7 Å². The number of hydrogen-bond donors (Lipinski definition) is 3. The lowest BCUT2D eigenvalue weighted by atomic mass is 9.63. The predicted octanol–water partition coefficient (Wildman–Crippen LogP) is 1.57. The van der Waals surface area contributed by atoms with Crippen molar-refractivity contribution in [2.45, 2.75) is 62.6 Å². The van der Waals surface area contributed by atoms with Crippen molar-refractivity contribution < 1.29 is 32.8 Å². The number of carbonyl (C=O) groups excluding carboxylic acids is 1. The minimum atomic E-state index is -3.95. The lowest BCUT2D eigenvalue weighted by Gasteiger charge is -2.31. The van der Waals surface area contributed by atoms with E-state index in [9.17, 15) is 23.3 Å². The minimum absolute atomic E-state index is 0.00101. The van der Waals surface area contributed by atoms with Crippen LogP contribution >= 0.6 is 0 Å². The van der Waals surface area contributed by atoms with E-state index in [1.54, 1.807) is 12.1 Å². The Labute approximate surface area is 225 Å². The standard InChI is InChI=1S/C27H37BN2O7S/c1-19(2)16-30(38(34,35)23-8-9-24-21(15-23)10-12-28(24)33)17-26(31)25(14-20-6-4-3-5-7-20)29-27(32)37-22-11-13-36-18-22/h3-9,15,19,22,25-26,31,33H,10-14,16-18H2,1-2H3,(H,29,32)/t22-,25?,26+/m0/s1. The van der Waals surface area contributed by atoms with Gasteiger partial charge < -0.3 is 24.9 Å². The van der Waals surface area contributed by atoms with E-state index in [4.69, 9.17) is 9.47 Å². The van der Waals surface area contributed by atoms with E-state index in [2.05, 4.69) is 5.32 Å². The van der Waals surface area contributed by atoms with Crippen molar-refractivity contribution in [2.24, 2.45) is 5.92 Å². The van der Waals surface area contributed by atoms with Crippen LogP contribution in [-0.2, 0) is 32.3 Å². The number of carbonyl (C=O) groups is 1. The maximum absolute atomic E-state index is 13.7. The Morgan fingerprint density at radius 3 is 2.66 bits per heavy atom. The van der Waals surface area contributed by atoms with E-state index in [1.807, 2.05) is 44.2 Å². The van der Waals surface area contributed by atoms with Crippen LogP contribution in [0.5, 0.6) is 0 Å². The largest absolute Gasteiger partial charge is 0.446 e. The summed E-state index contributed by atoms with van der Waals surface area (Å²) < 4.78 is 39.5. The predicted molar refractivity (Wildman–Crippen MR) is 145 cm³/mol. The van der Waals surface area contributed by atoms with E-state index < -0.39 is 35.2 Å². The number of nitrogens with one attached hydrogen (secondary N) is 1. The van der Waals surface area contributed by atoms with E-state index in [0.717, 1.165) is 16.6 Å². The molecule has 3 atom stereocenters. The summed E-state index contributed by atoms with van der Waals surface area (Å²) in [4.78, 5) is 12.8. The van der Waals surface area contributed by atoms with Gasteiger partial charge in [-0.15, -0.1) is 0 Å². The summed E-state index contributed by atoms with van der Waals surface area (Å²) in [6.45, 7) is 4.10. The normalized spacial score (nSPS) is 19.0. The number of alkyl carbamates (subject to hydrolysis) is 1. The summed E-state index contributed by atoms with van der Waals surface area (Å²) in [5.74, 6) is 0.00101. The number of benzene rings is 2. The van der Waals surface area contributed by atoms with Gasteiger partial charge in [0.25, 0.3) is 0 Å². The second-order valence-electron chi connectivity index (χ2n) is 10.5. The molecule has 3 N–H and O–H groups in total. The van der Waals surface area contributed by atoms with E-state index in [0.29, 0.717) is 38.8 Å². The second-order valence-corrected chi connectivity index (χ2v) is 12.5. The summed E-state index contributed by atoms with van der Waals surface area (Å²) >= 11 is 0. The third-order valence-corrected chi connectivity index (χ3v) is 8.81. The molecule has 0 aliphatic carbocycles. The van der Waals surface area contributed by atoms with Crippen LogP contribution < -0.4 is 10.8 Å². The Bertz CT molecular complexity index is 1190. The summed E-state index contributed by atoms with van der Waals surface area (Å²) in [6.07, 6.45) is -0.126. The van der Waals surface area contributed by atoms with Crippen molar-refractivity contribution in [1.29, 1.82) is 0 Å². The minimum Gasteiger partial charge on any atom is -0.446 e. The Balaban J connectivity index is 1.54. The average molecular weight is 544 g/mol. The van der Waals surface area contributed by atoms with Gasteiger partial charge in [0.05, 0.1) is 30.3 Å². The molecule has 2 aromatic rings. The van der Waals surface area contributed by atoms with Crippen LogP contribution in [0.25, 0.3) is 0 Å². The molecule has 2 heterocycles. The molecule has 11 heteroatoms. The molecule has 1 saturated heterocycles.